The fraction of sp³-hybridized carbons (Fsp3) is 0.368. The quantitative estimate of drug-likeness (QED) is 0.561. The van der Waals surface area contributed by atoms with Crippen molar-refractivity contribution in [2.24, 2.45) is 0 Å². The van der Waals surface area contributed by atoms with Crippen molar-refractivity contribution < 1.29 is 22.4 Å². The fourth-order valence-corrected chi connectivity index (χ4v) is 3.85. The van der Waals surface area contributed by atoms with Gasteiger partial charge in [-0.05, 0) is 57.4 Å². The maximum absolute atomic E-state index is 12.5. The average Bonchev–Trinajstić information content (AvgIpc) is 3.15. The standard InChI is InChI=1S/C19H26N4O5S/c1-13(19(25)20-12-17(23(3)4)18-6-5-11-28-18)22-29(26,27)16-9-7-15(8-10-16)21-14(2)24/h5-11,13,17,22H,12H2,1-4H3,(H,20,25)(H,21,24)/t13-,17-/m1/s1. The topological polar surface area (TPSA) is 121 Å². The summed E-state index contributed by atoms with van der Waals surface area (Å²) in [7, 11) is -0.186. The van der Waals surface area contributed by atoms with Crippen LogP contribution in [0, 0.1) is 0 Å². The molecule has 10 heteroatoms. The highest BCUT2D eigenvalue weighted by atomic mass is 32.2. The van der Waals surface area contributed by atoms with Crippen molar-refractivity contribution in [1.82, 2.24) is 14.9 Å². The molecule has 0 spiro atoms. The highest BCUT2D eigenvalue weighted by Crippen LogP contribution is 2.18. The molecule has 9 nitrogen and oxygen atoms in total. The molecule has 29 heavy (non-hydrogen) atoms. The second kappa shape index (κ2) is 9.68. The lowest BCUT2D eigenvalue weighted by Crippen LogP contribution is -2.46. The van der Waals surface area contributed by atoms with E-state index in [2.05, 4.69) is 15.4 Å². The van der Waals surface area contributed by atoms with E-state index in [-0.39, 0.29) is 23.4 Å². The molecule has 0 saturated heterocycles. The number of benzene rings is 1. The number of nitrogens with zero attached hydrogens (tertiary/aromatic N) is 1. The second-order valence-corrected chi connectivity index (χ2v) is 8.50. The number of nitrogens with one attached hydrogen (secondary N) is 3. The van der Waals surface area contributed by atoms with E-state index in [0.29, 0.717) is 11.4 Å². The molecule has 0 fully saturated rings. The Morgan fingerprint density at radius 2 is 1.79 bits per heavy atom. The first-order valence-electron chi connectivity index (χ1n) is 8.97. The van der Waals surface area contributed by atoms with Gasteiger partial charge in [0.1, 0.15) is 5.76 Å². The van der Waals surface area contributed by atoms with Gasteiger partial charge in [0.25, 0.3) is 0 Å². The van der Waals surface area contributed by atoms with Crippen molar-refractivity contribution in [3.63, 3.8) is 0 Å². The monoisotopic (exact) mass is 422 g/mol. The number of likely N-dealkylation sites (N-methyl/N-ethyl adjacent to an activating group) is 1. The third-order valence-corrected chi connectivity index (χ3v) is 5.73. The maximum atomic E-state index is 12.5. The lowest BCUT2D eigenvalue weighted by atomic mass is 10.2. The molecule has 1 heterocycles. The molecule has 0 saturated carbocycles. The van der Waals surface area contributed by atoms with E-state index < -0.39 is 22.0 Å². The Kier molecular flexibility index (Phi) is 7.54. The molecule has 2 amide bonds. The van der Waals surface area contributed by atoms with Crippen LogP contribution in [0.3, 0.4) is 0 Å². The fourth-order valence-electron chi connectivity index (χ4n) is 2.64. The molecule has 0 radical (unpaired) electrons. The molecular formula is C19H26N4O5S. The molecule has 0 aliphatic heterocycles. The Morgan fingerprint density at radius 3 is 2.31 bits per heavy atom. The van der Waals surface area contributed by atoms with Crippen LogP contribution >= 0.6 is 0 Å². The molecule has 2 rings (SSSR count). The van der Waals surface area contributed by atoms with Crippen molar-refractivity contribution in [2.45, 2.75) is 30.8 Å². The molecule has 1 aromatic carbocycles. The lowest BCUT2D eigenvalue weighted by Gasteiger charge is -2.23. The number of rotatable bonds is 9. The third kappa shape index (κ3) is 6.41. The Morgan fingerprint density at radius 1 is 1.14 bits per heavy atom. The lowest BCUT2D eigenvalue weighted by molar-refractivity contribution is -0.122. The summed E-state index contributed by atoms with van der Waals surface area (Å²) < 4.78 is 32.8. The predicted molar refractivity (Wildman–Crippen MR) is 109 cm³/mol. The summed E-state index contributed by atoms with van der Waals surface area (Å²) in [5, 5.41) is 5.30. The van der Waals surface area contributed by atoms with Crippen LogP contribution in [-0.2, 0) is 19.6 Å². The van der Waals surface area contributed by atoms with Crippen molar-refractivity contribution in [2.75, 3.05) is 26.0 Å². The minimum absolute atomic E-state index is 0.00648. The van der Waals surface area contributed by atoms with Gasteiger partial charge < -0.3 is 15.1 Å². The van der Waals surface area contributed by atoms with E-state index in [1.807, 2.05) is 25.1 Å². The smallest absolute Gasteiger partial charge is 0.241 e. The summed E-state index contributed by atoms with van der Waals surface area (Å²) >= 11 is 0. The zero-order chi connectivity index (χ0) is 21.6. The Balaban J connectivity index is 1.97. The van der Waals surface area contributed by atoms with Crippen molar-refractivity contribution in [3.05, 3.63) is 48.4 Å². The molecule has 0 aliphatic rings. The van der Waals surface area contributed by atoms with Gasteiger partial charge >= 0.3 is 0 Å². The maximum Gasteiger partial charge on any atom is 0.241 e. The Bertz CT molecular complexity index is 924. The molecular weight excluding hydrogens is 396 g/mol. The van der Waals surface area contributed by atoms with E-state index >= 15 is 0 Å². The molecule has 0 unspecified atom stereocenters. The van der Waals surface area contributed by atoms with Crippen molar-refractivity contribution >= 4 is 27.5 Å². The van der Waals surface area contributed by atoms with Crippen LogP contribution in [-0.4, -0.2) is 51.8 Å². The van der Waals surface area contributed by atoms with Gasteiger partial charge in [-0.25, -0.2) is 8.42 Å². The molecule has 0 aliphatic carbocycles. The van der Waals surface area contributed by atoms with Crippen LogP contribution < -0.4 is 15.4 Å². The van der Waals surface area contributed by atoms with Crippen LogP contribution in [0.4, 0.5) is 5.69 Å². The molecule has 0 bridgehead atoms. The van der Waals surface area contributed by atoms with Gasteiger partial charge in [-0.1, -0.05) is 0 Å². The number of amides is 2. The minimum Gasteiger partial charge on any atom is -0.468 e. The van der Waals surface area contributed by atoms with Crippen molar-refractivity contribution in [3.8, 4) is 0 Å². The largest absolute Gasteiger partial charge is 0.468 e. The van der Waals surface area contributed by atoms with Crippen LogP contribution in [0.15, 0.2) is 52.0 Å². The van der Waals surface area contributed by atoms with Gasteiger partial charge in [0, 0.05) is 19.2 Å². The highest BCUT2D eigenvalue weighted by molar-refractivity contribution is 7.89. The van der Waals surface area contributed by atoms with Gasteiger partial charge in [0.05, 0.1) is 23.2 Å². The normalized spacial score (nSPS) is 13.7. The van der Waals surface area contributed by atoms with E-state index in [0.717, 1.165) is 0 Å². The summed E-state index contributed by atoms with van der Waals surface area (Å²) in [5.74, 6) is -0.0146. The van der Waals surface area contributed by atoms with Crippen LogP contribution in [0.2, 0.25) is 0 Å². The third-order valence-electron chi connectivity index (χ3n) is 4.17. The van der Waals surface area contributed by atoms with Crippen LogP contribution in [0.1, 0.15) is 25.6 Å². The first-order chi connectivity index (χ1) is 13.6. The average molecular weight is 423 g/mol. The molecule has 3 N–H and O–H groups in total. The highest BCUT2D eigenvalue weighted by Gasteiger charge is 2.24. The summed E-state index contributed by atoms with van der Waals surface area (Å²) in [4.78, 5) is 25.3. The zero-order valence-corrected chi connectivity index (χ0v) is 17.6. The second-order valence-electron chi connectivity index (χ2n) is 6.79. The van der Waals surface area contributed by atoms with E-state index in [9.17, 15) is 18.0 Å². The number of furan rings is 1. The van der Waals surface area contributed by atoms with Crippen LogP contribution in [0.25, 0.3) is 0 Å². The number of hydrogen-bond acceptors (Lipinski definition) is 6. The first kappa shape index (κ1) is 22.6. The summed E-state index contributed by atoms with van der Waals surface area (Å²) in [6.07, 6.45) is 1.56. The molecule has 2 aromatic rings. The zero-order valence-electron chi connectivity index (χ0n) is 16.8. The number of carbonyl (C=O) groups excluding carboxylic acids is 2. The van der Waals surface area contributed by atoms with Gasteiger partial charge in [-0.3, -0.25) is 14.5 Å². The predicted octanol–water partition coefficient (Wildman–Crippen LogP) is 1.32. The minimum atomic E-state index is -3.90. The van der Waals surface area contributed by atoms with E-state index in [1.165, 1.54) is 38.1 Å². The Hall–Kier alpha value is -2.69. The van der Waals surface area contributed by atoms with Gasteiger partial charge in [-0.15, -0.1) is 0 Å². The first-order valence-corrected chi connectivity index (χ1v) is 10.5. The van der Waals surface area contributed by atoms with Gasteiger partial charge in [-0.2, -0.15) is 4.72 Å². The van der Waals surface area contributed by atoms with Crippen molar-refractivity contribution in [1.29, 1.82) is 0 Å². The van der Waals surface area contributed by atoms with Gasteiger partial charge in [0.15, 0.2) is 0 Å². The summed E-state index contributed by atoms with van der Waals surface area (Å²) in [6.45, 7) is 3.09. The molecule has 2 atom stereocenters. The van der Waals surface area contributed by atoms with Crippen LogP contribution in [0.5, 0.6) is 0 Å². The number of anilines is 1. The Labute approximate surface area is 170 Å². The van der Waals surface area contributed by atoms with E-state index in [1.54, 1.807) is 12.3 Å². The van der Waals surface area contributed by atoms with Gasteiger partial charge in [0.2, 0.25) is 21.8 Å². The number of carbonyl (C=O) groups is 2. The van der Waals surface area contributed by atoms with E-state index in [4.69, 9.17) is 4.42 Å². The SMILES string of the molecule is CC(=O)Nc1ccc(S(=O)(=O)N[C@H](C)C(=O)NC[C@H](c2ccco2)N(C)C)cc1. The summed E-state index contributed by atoms with van der Waals surface area (Å²) in [6, 6.07) is 8.09. The molecule has 158 valence electrons. The molecule has 1 aromatic heterocycles. The number of sulfonamides is 1. The summed E-state index contributed by atoms with van der Waals surface area (Å²) in [5.41, 5.74) is 0.481. The number of hydrogen-bond donors (Lipinski definition) is 3.